The van der Waals surface area contributed by atoms with Crippen molar-refractivity contribution in [2.24, 2.45) is 0 Å². The molecule has 3 heteroatoms. The van der Waals surface area contributed by atoms with Crippen molar-refractivity contribution in [1.29, 1.82) is 0 Å². The smallest absolute Gasteiger partial charge is 0.0306 e. The third kappa shape index (κ3) is 5.41. The van der Waals surface area contributed by atoms with Crippen LogP contribution < -0.4 is 5.32 Å². The molecule has 0 aromatic rings. The zero-order valence-corrected chi connectivity index (χ0v) is 14.8. The summed E-state index contributed by atoms with van der Waals surface area (Å²) in [6.07, 6.45) is 3.93. The highest BCUT2D eigenvalue weighted by Crippen LogP contribution is 2.31. The number of hydrogen-bond donors (Lipinski definition) is 1. The van der Waals surface area contributed by atoms with Crippen LogP contribution in [-0.2, 0) is 0 Å². The van der Waals surface area contributed by atoms with Crippen LogP contribution in [0, 0.1) is 0 Å². The Labute approximate surface area is 116 Å². The summed E-state index contributed by atoms with van der Waals surface area (Å²) < 4.78 is 0. The SMILES string of the molecule is CN(CCC[SiH](C)C)C1CC(C)(C)NC(C)(C)C1. The molecule has 0 aliphatic carbocycles. The zero-order chi connectivity index (χ0) is 14.0. The van der Waals surface area contributed by atoms with Gasteiger partial charge in [0.05, 0.1) is 0 Å². The Bertz CT molecular complexity index is 245. The molecule has 2 nitrogen and oxygen atoms in total. The minimum Gasteiger partial charge on any atom is -0.307 e. The zero-order valence-electron chi connectivity index (χ0n) is 13.6. The fourth-order valence-electron chi connectivity index (χ4n) is 3.51. The normalized spacial score (nSPS) is 23.8. The highest BCUT2D eigenvalue weighted by atomic mass is 28.3. The van der Waals surface area contributed by atoms with Crippen LogP contribution in [0.25, 0.3) is 0 Å². The van der Waals surface area contributed by atoms with Crippen molar-refractivity contribution in [2.45, 2.75) is 83.2 Å². The van der Waals surface area contributed by atoms with Gasteiger partial charge in [-0.25, -0.2) is 0 Å². The van der Waals surface area contributed by atoms with E-state index in [-0.39, 0.29) is 19.9 Å². The number of piperidine rings is 1. The molecule has 0 bridgehead atoms. The van der Waals surface area contributed by atoms with E-state index in [0.29, 0.717) is 0 Å². The van der Waals surface area contributed by atoms with Gasteiger partial charge < -0.3 is 10.2 Å². The molecule has 0 saturated carbocycles. The summed E-state index contributed by atoms with van der Waals surface area (Å²) in [5, 5.41) is 3.77. The summed E-state index contributed by atoms with van der Waals surface area (Å²) in [7, 11) is 1.96. The summed E-state index contributed by atoms with van der Waals surface area (Å²) in [5.74, 6) is 0. The lowest BCUT2D eigenvalue weighted by Gasteiger charge is -2.49. The lowest BCUT2D eigenvalue weighted by molar-refractivity contribution is 0.0816. The maximum atomic E-state index is 3.77. The maximum Gasteiger partial charge on any atom is 0.0306 e. The number of rotatable bonds is 5. The fourth-order valence-corrected chi connectivity index (χ4v) is 4.51. The molecular weight excluding hydrogens is 236 g/mol. The molecule has 1 aliphatic heterocycles. The highest BCUT2D eigenvalue weighted by molar-refractivity contribution is 6.55. The van der Waals surface area contributed by atoms with Crippen LogP contribution in [0.3, 0.4) is 0 Å². The molecule has 0 aromatic carbocycles. The molecule has 0 radical (unpaired) electrons. The Morgan fingerprint density at radius 2 is 1.61 bits per heavy atom. The standard InChI is InChI=1S/C15H34N2Si/c1-14(2)11-13(12-15(3,4)16-14)17(5)9-8-10-18(6)7/h13,16,18H,8-12H2,1-7H3. The van der Waals surface area contributed by atoms with Crippen molar-refractivity contribution >= 4 is 8.80 Å². The molecule has 1 N–H and O–H groups in total. The summed E-state index contributed by atoms with van der Waals surface area (Å²) in [6, 6.07) is 2.23. The second kappa shape index (κ2) is 6.06. The maximum absolute atomic E-state index is 3.77. The van der Waals surface area contributed by atoms with E-state index in [0.717, 1.165) is 6.04 Å². The second-order valence-electron chi connectivity index (χ2n) is 7.97. The number of nitrogens with one attached hydrogen (secondary N) is 1. The molecule has 0 unspecified atom stereocenters. The highest BCUT2D eigenvalue weighted by Gasteiger charge is 2.38. The monoisotopic (exact) mass is 270 g/mol. The Balaban J connectivity index is 2.49. The first kappa shape index (κ1) is 16.2. The van der Waals surface area contributed by atoms with E-state index in [2.05, 4.69) is 58.1 Å². The van der Waals surface area contributed by atoms with Gasteiger partial charge in [-0.05, 0) is 60.5 Å². The van der Waals surface area contributed by atoms with E-state index in [1.54, 1.807) is 0 Å². The molecule has 0 aromatic heterocycles. The quantitative estimate of drug-likeness (QED) is 0.772. The van der Waals surface area contributed by atoms with E-state index >= 15 is 0 Å². The van der Waals surface area contributed by atoms with Crippen LogP contribution in [-0.4, -0.2) is 44.4 Å². The Morgan fingerprint density at radius 3 is 2.06 bits per heavy atom. The summed E-state index contributed by atoms with van der Waals surface area (Å²) in [5.41, 5.74) is 0.543. The Morgan fingerprint density at radius 1 is 1.11 bits per heavy atom. The number of hydrogen-bond acceptors (Lipinski definition) is 2. The van der Waals surface area contributed by atoms with Crippen molar-refractivity contribution in [3.63, 3.8) is 0 Å². The van der Waals surface area contributed by atoms with Crippen molar-refractivity contribution in [3.8, 4) is 0 Å². The van der Waals surface area contributed by atoms with Gasteiger partial charge in [0.25, 0.3) is 0 Å². The van der Waals surface area contributed by atoms with E-state index in [9.17, 15) is 0 Å². The van der Waals surface area contributed by atoms with Crippen LogP contribution >= 0.6 is 0 Å². The fraction of sp³-hybridized carbons (Fsp3) is 1.00. The van der Waals surface area contributed by atoms with E-state index in [1.165, 1.54) is 31.9 Å². The average Bonchev–Trinajstić information content (AvgIpc) is 2.11. The van der Waals surface area contributed by atoms with Crippen LogP contribution in [0.4, 0.5) is 0 Å². The molecule has 1 aliphatic rings. The molecule has 0 amide bonds. The topological polar surface area (TPSA) is 15.3 Å². The average molecular weight is 271 g/mol. The van der Waals surface area contributed by atoms with Crippen molar-refractivity contribution < 1.29 is 0 Å². The molecule has 1 saturated heterocycles. The van der Waals surface area contributed by atoms with Gasteiger partial charge in [-0.1, -0.05) is 19.1 Å². The predicted molar refractivity (Wildman–Crippen MR) is 85.2 cm³/mol. The van der Waals surface area contributed by atoms with Gasteiger partial charge in [0.2, 0.25) is 0 Å². The predicted octanol–water partition coefficient (Wildman–Crippen LogP) is 3.10. The van der Waals surface area contributed by atoms with Gasteiger partial charge in [0.1, 0.15) is 0 Å². The van der Waals surface area contributed by atoms with Crippen LogP contribution in [0.5, 0.6) is 0 Å². The largest absolute Gasteiger partial charge is 0.307 e. The molecule has 0 spiro atoms. The van der Waals surface area contributed by atoms with E-state index in [4.69, 9.17) is 0 Å². The molecule has 1 rings (SSSR count). The van der Waals surface area contributed by atoms with Gasteiger partial charge in [-0.15, -0.1) is 0 Å². The van der Waals surface area contributed by atoms with Gasteiger partial charge in [0.15, 0.2) is 0 Å². The first-order chi connectivity index (χ1) is 8.11. The summed E-state index contributed by atoms with van der Waals surface area (Å²) in [6.45, 7) is 15.6. The third-order valence-electron chi connectivity index (χ3n) is 4.08. The molecule has 1 fully saturated rings. The van der Waals surface area contributed by atoms with E-state index < -0.39 is 0 Å². The first-order valence-electron chi connectivity index (χ1n) is 7.61. The molecule has 108 valence electrons. The van der Waals surface area contributed by atoms with Gasteiger partial charge in [0, 0.05) is 25.9 Å². The van der Waals surface area contributed by atoms with Crippen LogP contribution in [0.15, 0.2) is 0 Å². The van der Waals surface area contributed by atoms with Crippen molar-refractivity contribution in [2.75, 3.05) is 13.6 Å². The summed E-state index contributed by atoms with van der Waals surface area (Å²) >= 11 is 0. The number of nitrogens with zero attached hydrogens (tertiary/aromatic N) is 1. The van der Waals surface area contributed by atoms with Gasteiger partial charge >= 0.3 is 0 Å². The van der Waals surface area contributed by atoms with Gasteiger partial charge in [-0.2, -0.15) is 0 Å². The van der Waals surface area contributed by atoms with Crippen LogP contribution in [0.1, 0.15) is 47.0 Å². The van der Waals surface area contributed by atoms with Crippen molar-refractivity contribution in [3.05, 3.63) is 0 Å². The molecule has 18 heavy (non-hydrogen) atoms. The van der Waals surface area contributed by atoms with Crippen LogP contribution in [0.2, 0.25) is 19.1 Å². The lowest BCUT2D eigenvalue weighted by Crippen LogP contribution is -2.61. The molecular formula is C15H34N2Si. The summed E-state index contributed by atoms with van der Waals surface area (Å²) in [4.78, 5) is 2.61. The second-order valence-corrected chi connectivity index (χ2v) is 11.3. The van der Waals surface area contributed by atoms with Gasteiger partial charge in [-0.3, -0.25) is 0 Å². The minimum atomic E-state index is -0.363. The van der Waals surface area contributed by atoms with Crippen molar-refractivity contribution in [1.82, 2.24) is 10.2 Å². The van der Waals surface area contributed by atoms with E-state index in [1.807, 2.05) is 0 Å². The molecule has 1 heterocycles. The third-order valence-corrected chi connectivity index (χ3v) is 5.65. The Hall–Kier alpha value is 0.137. The molecule has 0 atom stereocenters. The lowest BCUT2D eigenvalue weighted by atomic mass is 9.79. The Kier molecular flexibility index (Phi) is 5.45. The minimum absolute atomic E-state index is 0.271. The first-order valence-corrected chi connectivity index (χ1v) is 10.7.